The number of nitrogens with zero attached hydrogens (tertiary/aromatic N) is 3. The van der Waals surface area contributed by atoms with Crippen LogP contribution < -0.4 is 24.6 Å². The average molecular weight is 774 g/mol. The lowest BCUT2D eigenvalue weighted by atomic mass is 9.92. The molecule has 1 saturated heterocycles. The number of ether oxygens (including phenoxy) is 2. The van der Waals surface area contributed by atoms with Crippen LogP contribution in [0, 0.1) is 5.41 Å². The van der Waals surface area contributed by atoms with E-state index < -0.39 is 0 Å². The van der Waals surface area contributed by atoms with Crippen molar-refractivity contribution < 1.29 is 23.9 Å². The van der Waals surface area contributed by atoms with Gasteiger partial charge in [-0.05, 0) is 60.1 Å². The number of alkyl halides is 2. The van der Waals surface area contributed by atoms with Crippen LogP contribution in [0.4, 0.5) is 11.4 Å². The Kier molecular flexibility index (Phi) is 24.6. The Morgan fingerprint density at radius 2 is 1.47 bits per heavy atom. The second-order valence-electron chi connectivity index (χ2n) is 13.6. The van der Waals surface area contributed by atoms with E-state index in [-0.39, 0.29) is 34.8 Å². The van der Waals surface area contributed by atoms with Crippen molar-refractivity contribution in [2.45, 2.75) is 65.6 Å². The number of benzene rings is 3. The van der Waals surface area contributed by atoms with Crippen molar-refractivity contribution >= 4 is 53.1 Å². The summed E-state index contributed by atoms with van der Waals surface area (Å²) in [6, 6.07) is 24.1. The third kappa shape index (κ3) is 18.5. The van der Waals surface area contributed by atoms with E-state index >= 15 is 0 Å². The molecule has 0 saturated carbocycles. The monoisotopic (exact) mass is 772 g/mol. The lowest BCUT2D eigenvalue weighted by Crippen LogP contribution is -2.45. The molecule has 1 aliphatic rings. The zero-order valence-electron chi connectivity index (χ0n) is 33.7. The van der Waals surface area contributed by atoms with Crippen molar-refractivity contribution in [2.75, 3.05) is 64.6 Å². The molecule has 4 rings (SSSR count). The summed E-state index contributed by atoms with van der Waals surface area (Å²) in [7, 11) is 13.2. The van der Waals surface area contributed by atoms with Gasteiger partial charge >= 0.3 is 0 Å². The first-order valence-corrected chi connectivity index (χ1v) is 18.5. The second-order valence-corrected chi connectivity index (χ2v) is 14.4. The molecule has 0 bridgehead atoms. The number of aldehydes is 2. The molecule has 3 aromatic carbocycles. The molecule has 53 heavy (non-hydrogen) atoms. The van der Waals surface area contributed by atoms with E-state index in [1.807, 2.05) is 118 Å². The highest BCUT2D eigenvalue weighted by Gasteiger charge is 2.42. The number of rotatable bonds is 10. The number of nitrogens with one attached hydrogen (secondary N) is 1. The topological polar surface area (TPSA) is 91.4 Å². The van der Waals surface area contributed by atoms with Crippen LogP contribution in [0.25, 0.3) is 0 Å². The van der Waals surface area contributed by atoms with E-state index in [4.69, 9.17) is 32.7 Å². The largest absolute Gasteiger partial charge is 0.497 e. The molecule has 9 nitrogen and oxygen atoms in total. The van der Waals surface area contributed by atoms with Gasteiger partial charge in [-0.2, -0.15) is 0 Å². The van der Waals surface area contributed by atoms with Gasteiger partial charge in [-0.3, -0.25) is 14.9 Å². The van der Waals surface area contributed by atoms with Gasteiger partial charge in [0.2, 0.25) is 5.91 Å². The van der Waals surface area contributed by atoms with Gasteiger partial charge in [-0.15, -0.1) is 23.2 Å². The van der Waals surface area contributed by atoms with Crippen LogP contribution >= 0.6 is 23.2 Å². The summed E-state index contributed by atoms with van der Waals surface area (Å²) in [5.41, 5.74) is 4.59. The SMILES string of the molecule is C/C=C/C=O.CN1C(=O)[C@H](Cc2ccccc2)N[C@@H]1C(C)(C)C.COc1cc(N(C)C)ccc1[C@H](C)CC=O.COc1cccc(N(C)C)c1.ClCCl. The minimum absolute atomic E-state index is 0.0514. The van der Waals surface area contributed by atoms with Gasteiger partial charge in [0, 0.05) is 65.2 Å². The molecule has 1 heterocycles. The lowest BCUT2D eigenvalue weighted by molar-refractivity contribution is -0.129. The predicted molar refractivity (Wildman–Crippen MR) is 224 cm³/mol. The number of carbonyl (C=O) groups excluding carboxylic acids is 3. The smallest absolute Gasteiger partial charge is 0.241 e. The quantitative estimate of drug-likeness (QED) is 0.125. The highest BCUT2D eigenvalue weighted by molar-refractivity contribution is 6.40. The normalized spacial score (nSPS) is 15.1. The van der Waals surface area contributed by atoms with Gasteiger partial charge in [0.25, 0.3) is 0 Å². The third-order valence-corrected chi connectivity index (χ3v) is 8.05. The van der Waals surface area contributed by atoms with Crippen molar-refractivity contribution in [3.8, 4) is 11.5 Å². The second kappa shape index (κ2) is 26.7. The van der Waals surface area contributed by atoms with Crippen LogP contribution in [0.1, 0.15) is 58.1 Å². The number of hydrogen-bond acceptors (Lipinski definition) is 8. The Bertz CT molecular complexity index is 1500. The number of allylic oxidation sites excluding steroid dienone is 2. The van der Waals surface area contributed by atoms with Crippen molar-refractivity contribution in [2.24, 2.45) is 5.41 Å². The number of halogens is 2. The van der Waals surface area contributed by atoms with Crippen LogP contribution in [0.5, 0.6) is 11.5 Å². The van der Waals surface area contributed by atoms with E-state index in [1.165, 1.54) is 11.6 Å². The van der Waals surface area contributed by atoms with Gasteiger partial charge in [0.05, 0.1) is 31.8 Å². The molecule has 1 amide bonds. The maximum Gasteiger partial charge on any atom is 0.241 e. The van der Waals surface area contributed by atoms with Crippen LogP contribution in [0.2, 0.25) is 0 Å². The van der Waals surface area contributed by atoms with E-state index in [0.717, 1.165) is 47.4 Å². The van der Waals surface area contributed by atoms with Crippen molar-refractivity contribution in [3.05, 3.63) is 96.1 Å². The highest BCUT2D eigenvalue weighted by Crippen LogP contribution is 2.31. The minimum atomic E-state index is -0.0957. The number of amides is 1. The number of likely N-dealkylation sites (N-methyl/N-ethyl adjacent to an activating group) is 1. The van der Waals surface area contributed by atoms with Crippen LogP contribution in [-0.4, -0.2) is 90.4 Å². The molecule has 1 aliphatic heterocycles. The van der Waals surface area contributed by atoms with Gasteiger partial charge in [-0.25, -0.2) is 0 Å². The Hall–Kier alpha value is -4.05. The van der Waals surface area contributed by atoms with Crippen molar-refractivity contribution in [1.82, 2.24) is 10.2 Å². The average Bonchev–Trinajstić information content (AvgIpc) is 3.42. The summed E-state index contributed by atoms with van der Waals surface area (Å²) < 4.78 is 10.4. The number of carbonyl (C=O) groups is 3. The number of anilines is 2. The maximum atomic E-state index is 12.2. The Labute approximate surface area is 329 Å². The molecule has 294 valence electrons. The summed E-state index contributed by atoms with van der Waals surface area (Å²) >= 11 is 9.53. The molecule has 0 spiro atoms. The first-order chi connectivity index (χ1) is 25.1. The van der Waals surface area contributed by atoms with Crippen molar-refractivity contribution in [3.63, 3.8) is 0 Å². The summed E-state index contributed by atoms with van der Waals surface area (Å²) in [5.74, 6) is 2.14. The van der Waals surface area contributed by atoms with Crippen LogP contribution in [-0.2, 0) is 20.8 Å². The van der Waals surface area contributed by atoms with Gasteiger partial charge in [-0.1, -0.05) is 76.2 Å². The lowest BCUT2D eigenvalue weighted by Gasteiger charge is -2.32. The summed E-state index contributed by atoms with van der Waals surface area (Å²) in [4.78, 5) is 38.0. The fourth-order valence-electron chi connectivity index (χ4n) is 5.20. The van der Waals surface area contributed by atoms with E-state index in [2.05, 4.69) is 38.2 Å². The first-order valence-electron chi connectivity index (χ1n) is 17.4. The maximum absolute atomic E-state index is 12.2. The molecule has 0 unspecified atom stereocenters. The van der Waals surface area contributed by atoms with E-state index in [1.54, 1.807) is 27.2 Å². The molecule has 3 aromatic rings. The highest BCUT2D eigenvalue weighted by atomic mass is 35.5. The fraction of sp³-hybridized carbons (Fsp3) is 0.452. The molecule has 1 N–H and O–H groups in total. The Morgan fingerprint density at radius 1 is 0.887 bits per heavy atom. The molecular formula is C42H62Cl2N4O5. The van der Waals surface area contributed by atoms with E-state index in [9.17, 15) is 14.4 Å². The molecule has 11 heteroatoms. The standard InChI is InChI=1S/C15H22N2O.C13H19NO2.C9H13NO.C4H6O.CH2Cl2/c1-15(2,3)14-16-12(13(18)17(14)4)10-11-8-6-5-7-9-11;1-10(7-8-15)12-6-5-11(14(2)3)9-13(12)16-4;1-10(2)8-5-4-6-9(7-8)11-3;1-2-3-4-5;2-1-3/h5-9,12,14,16H,10H2,1-4H3;5-6,8-10H,7H2,1-4H3;4-7H,1-3H3;2-4H,1H3;1H2/b;;;3-2+;/t12-,14-;10-;;;/m01.../s1. The van der Waals surface area contributed by atoms with E-state index in [0.29, 0.717) is 6.42 Å². The molecule has 3 atom stereocenters. The van der Waals surface area contributed by atoms with Crippen molar-refractivity contribution in [1.29, 1.82) is 0 Å². The number of methoxy groups -OCH3 is 2. The fourth-order valence-corrected chi connectivity index (χ4v) is 5.20. The molecule has 0 aromatic heterocycles. The predicted octanol–water partition coefficient (Wildman–Crippen LogP) is 8.43. The minimum Gasteiger partial charge on any atom is -0.497 e. The van der Waals surface area contributed by atoms with Gasteiger partial charge < -0.3 is 29.0 Å². The number of hydrogen-bond donors (Lipinski definition) is 1. The summed E-state index contributed by atoms with van der Waals surface area (Å²) in [6.45, 7) is 10.3. The van der Waals surface area contributed by atoms with Gasteiger partial charge in [0.15, 0.2) is 0 Å². The molecule has 1 fully saturated rings. The van der Waals surface area contributed by atoms with Gasteiger partial charge in [0.1, 0.15) is 24.1 Å². The summed E-state index contributed by atoms with van der Waals surface area (Å²) in [6.07, 6.45) is 6.23. The molecular weight excluding hydrogens is 711 g/mol. The van der Waals surface area contributed by atoms with Crippen LogP contribution in [0.3, 0.4) is 0 Å². The zero-order valence-corrected chi connectivity index (χ0v) is 35.2. The third-order valence-electron chi connectivity index (χ3n) is 8.05. The zero-order chi connectivity index (χ0) is 40.6. The molecule has 0 radical (unpaired) electrons. The first kappa shape index (κ1) is 49.0. The molecule has 0 aliphatic carbocycles. The summed E-state index contributed by atoms with van der Waals surface area (Å²) in [5, 5.41) is 3.65. The Morgan fingerprint density at radius 3 is 1.91 bits per heavy atom. The van der Waals surface area contributed by atoms with Crippen LogP contribution in [0.15, 0.2) is 84.9 Å². The Balaban J connectivity index is 0.000000707.